The van der Waals surface area contributed by atoms with Gasteiger partial charge in [0.2, 0.25) is 5.91 Å². The summed E-state index contributed by atoms with van der Waals surface area (Å²) in [5.41, 5.74) is 2.26. The summed E-state index contributed by atoms with van der Waals surface area (Å²) in [5.74, 6) is 2.24. The summed E-state index contributed by atoms with van der Waals surface area (Å²) in [6.07, 6.45) is 5.99. The number of carbonyl (C=O) groups is 1. The number of amides is 1. The zero-order chi connectivity index (χ0) is 23.1. The molecule has 0 bridgehead atoms. The lowest BCUT2D eigenvalue weighted by Gasteiger charge is -2.43. The smallest absolute Gasteiger partial charge is 0.228 e. The summed E-state index contributed by atoms with van der Waals surface area (Å²) < 4.78 is 11.9. The first-order chi connectivity index (χ1) is 16.1. The minimum absolute atomic E-state index is 0.247. The Labute approximate surface area is 198 Å². The molecule has 2 aliphatic rings. The molecular formula is C28H38N2O3. The molecule has 5 heteroatoms. The van der Waals surface area contributed by atoms with E-state index in [9.17, 15) is 4.79 Å². The molecule has 1 saturated heterocycles. The lowest BCUT2D eigenvalue weighted by molar-refractivity contribution is -0.145. The quantitative estimate of drug-likeness (QED) is 0.662. The van der Waals surface area contributed by atoms with Gasteiger partial charge in [-0.1, -0.05) is 42.8 Å². The van der Waals surface area contributed by atoms with Gasteiger partial charge < -0.3 is 14.4 Å². The molecular weight excluding hydrogens is 412 g/mol. The van der Waals surface area contributed by atoms with Gasteiger partial charge in [-0.3, -0.25) is 9.69 Å². The van der Waals surface area contributed by atoms with Crippen LogP contribution in [0.25, 0.3) is 0 Å². The molecule has 1 amide bonds. The minimum atomic E-state index is -0.247. The van der Waals surface area contributed by atoms with E-state index in [0.717, 1.165) is 69.7 Å². The second-order valence-corrected chi connectivity index (χ2v) is 9.49. The van der Waals surface area contributed by atoms with Crippen LogP contribution in [-0.2, 0) is 17.8 Å². The van der Waals surface area contributed by atoms with Crippen LogP contribution in [0.2, 0.25) is 0 Å². The molecule has 0 atom stereocenters. The van der Waals surface area contributed by atoms with Crippen molar-refractivity contribution in [3.05, 3.63) is 59.7 Å². The number of likely N-dealkylation sites (N-methyl/N-ethyl adjacent to an activating group) is 1. The van der Waals surface area contributed by atoms with Gasteiger partial charge >= 0.3 is 0 Å². The van der Waals surface area contributed by atoms with Gasteiger partial charge in [0.15, 0.2) is 0 Å². The van der Waals surface area contributed by atoms with Crippen molar-refractivity contribution in [2.75, 3.05) is 39.9 Å². The molecule has 0 aromatic heterocycles. The molecule has 0 aliphatic carbocycles. The topological polar surface area (TPSA) is 42.0 Å². The van der Waals surface area contributed by atoms with Crippen LogP contribution in [0, 0.1) is 5.41 Å². The van der Waals surface area contributed by atoms with Crippen molar-refractivity contribution in [3.8, 4) is 11.5 Å². The fourth-order valence-corrected chi connectivity index (χ4v) is 5.31. The van der Waals surface area contributed by atoms with E-state index in [2.05, 4.69) is 35.2 Å². The highest BCUT2D eigenvalue weighted by Gasteiger charge is 2.42. The summed E-state index contributed by atoms with van der Waals surface area (Å²) in [7, 11) is 1.94. The molecule has 0 unspecified atom stereocenters. The van der Waals surface area contributed by atoms with Crippen LogP contribution in [0.1, 0.15) is 50.2 Å². The molecule has 178 valence electrons. The average Bonchev–Trinajstić information content (AvgIpc) is 2.84. The maximum atomic E-state index is 13.6. The second-order valence-electron chi connectivity index (χ2n) is 9.49. The van der Waals surface area contributed by atoms with E-state index < -0.39 is 0 Å². The third-order valence-electron chi connectivity index (χ3n) is 7.29. The number of likely N-dealkylation sites (tertiary alicyclic amines) is 1. The zero-order valence-corrected chi connectivity index (χ0v) is 20.2. The van der Waals surface area contributed by atoms with Crippen molar-refractivity contribution >= 4 is 5.91 Å². The number of rotatable bonds is 4. The fourth-order valence-electron chi connectivity index (χ4n) is 5.31. The Balaban J connectivity index is 1.42. The SMILES string of the molecule is CCOc1ccccc1CN1CCC2(CCCCc3ccccc3OCCN(C)C2=O)CC1. The largest absolute Gasteiger partial charge is 0.494 e. The number of ether oxygens (including phenoxy) is 2. The Morgan fingerprint density at radius 2 is 1.73 bits per heavy atom. The number of hydrogen-bond donors (Lipinski definition) is 0. The predicted octanol–water partition coefficient (Wildman–Crippen LogP) is 4.93. The first kappa shape index (κ1) is 23.6. The maximum absolute atomic E-state index is 13.6. The van der Waals surface area contributed by atoms with Crippen LogP contribution in [0.3, 0.4) is 0 Å². The molecule has 2 aromatic carbocycles. The Bertz CT molecular complexity index is 921. The third-order valence-corrected chi connectivity index (χ3v) is 7.29. The number of nitrogens with zero attached hydrogens (tertiary/aromatic N) is 2. The van der Waals surface area contributed by atoms with Crippen LogP contribution in [0.15, 0.2) is 48.5 Å². The Morgan fingerprint density at radius 1 is 0.970 bits per heavy atom. The molecule has 0 saturated carbocycles. The Hall–Kier alpha value is -2.53. The molecule has 0 radical (unpaired) electrons. The van der Waals surface area contributed by atoms with Gasteiger partial charge in [0.05, 0.1) is 18.6 Å². The first-order valence-electron chi connectivity index (χ1n) is 12.5. The lowest BCUT2D eigenvalue weighted by Crippen LogP contribution is -2.50. The summed E-state index contributed by atoms with van der Waals surface area (Å²) >= 11 is 0. The van der Waals surface area contributed by atoms with Gasteiger partial charge in [-0.05, 0) is 69.8 Å². The highest BCUT2D eigenvalue weighted by atomic mass is 16.5. The number of piperidine rings is 1. The van der Waals surface area contributed by atoms with Crippen LogP contribution in [0.4, 0.5) is 0 Å². The number of aryl methyl sites for hydroxylation is 1. The number of fused-ring (bicyclic) bond motifs is 1. The van der Waals surface area contributed by atoms with E-state index in [1.807, 2.05) is 37.1 Å². The summed E-state index contributed by atoms with van der Waals surface area (Å²) in [6, 6.07) is 16.6. The second kappa shape index (κ2) is 11.1. The van der Waals surface area contributed by atoms with Crippen LogP contribution >= 0.6 is 0 Å². The molecule has 4 rings (SSSR count). The van der Waals surface area contributed by atoms with E-state index in [4.69, 9.17) is 9.47 Å². The fraction of sp³-hybridized carbons (Fsp3) is 0.536. The molecule has 0 N–H and O–H groups in total. The van der Waals surface area contributed by atoms with Crippen molar-refractivity contribution < 1.29 is 14.3 Å². The van der Waals surface area contributed by atoms with Crippen molar-refractivity contribution in [1.29, 1.82) is 0 Å². The van der Waals surface area contributed by atoms with Crippen LogP contribution in [-0.4, -0.2) is 55.6 Å². The highest BCUT2D eigenvalue weighted by molar-refractivity contribution is 5.82. The number of para-hydroxylation sites is 2. The zero-order valence-electron chi connectivity index (χ0n) is 20.2. The van der Waals surface area contributed by atoms with Gasteiger partial charge in [-0.25, -0.2) is 0 Å². The molecule has 33 heavy (non-hydrogen) atoms. The predicted molar refractivity (Wildman–Crippen MR) is 132 cm³/mol. The minimum Gasteiger partial charge on any atom is -0.494 e. The molecule has 1 spiro atoms. The normalized spacial score (nSPS) is 19.8. The van der Waals surface area contributed by atoms with Gasteiger partial charge in [-0.2, -0.15) is 0 Å². The standard InChI is InChI=1S/C28H38N2O3/c1-3-32-26-14-7-5-12-24(26)22-30-18-16-28(17-19-30)15-9-8-11-23-10-4-6-13-25(23)33-21-20-29(2)27(28)31/h4-7,10,12-14H,3,8-9,11,15-22H2,1-2H3. The van der Waals surface area contributed by atoms with Gasteiger partial charge in [0, 0.05) is 19.2 Å². The molecule has 1 fully saturated rings. The molecule has 5 nitrogen and oxygen atoms in total. The van der Waals surface area contributed by atoms with Crippen molar-refractivity contribution in [2.24, 2.45) is 5.41 Å². The lowest BCUT2D eigenvalue weighted by atomic mass is 9.73. The van der Waals surface area contributed by atoms with E-state index in [-0.39, 0.29) is 5.41 Å². The number of carbonyl (C=O) groups excluding carboxylic acids is 1. The van der Waals surface area contributed by atoms with Gasteiger partial charge in [0.25, 0.3) is 0 Å². The Morgan fingerprint density at radius 3 is 2.55 bits per heavy atom. The summed E-state index contributed by atoms with van der Waals surface area (Å²) in [4.78, 5) is 18.0. The van der Waals surface area contributed by atoms with Crippen LogP contribution < -0.4 is 9.47 Å². The van der Waals surface area contributed by atoms with E-state index in [1.54, 1.807) is 0 Å². The van der Waals surface area contributed by atoms with E-state index in [0.29, 0.717) is 25.7 Å². The number of hydrogen-bond acceptors (Lipinski definition) is 4. The number of benzene rings is 2. The molecule has 2 aliphatic heterocycles. The van der Waals surface area contributed by atoms with Crippen molar-refractivity contribution in [3.63, 3.8) is 0 Å². The van der Waals surface area contributed by atoms with Gasteiger partial charge in [-0.15, -0.1) is 0 Å². The van der Waals surface area contributed by atoms with Crippen LogP contribution in [0.5, 0.6) is 11.5 Å². The maximum Gasteiger partial charge on any atom is 0.228 e. The van der Waals surface area contributed by atoms with Crippen molar-refractivity contribution in [2.45, 2.75) is 52.0 Å². The summed E-state index contributed by atoms with van der Waals surface area (Å²) in [6.45, 7) is 6.63. The monoisotopic (exact) mass is 450 g/mol. The Kier molecular flexibility index (Phi) is 7.92. The van der Waals surface area contributed by atoms with E-state index >= 15 is 0 Å². The highest BCUT2D eigenvalue weighted by Crippen LogP contribution is 2.39. The average molecular weight is 451 g/mol. The van der Waals surface area contributed by atoms with Gasteiger partial charge in [0.1, 0.15) is 18.1 Å². The summed E-state index contributed by atoms with van der Waals surface area (Å²) in [5, 5.41) is 0. The molecule has 2 heterocycles. The third kappa shape index (κ3) is 5.70. The van der Waals surface area contributed by atoms with Crippen molar-refractivity contribution in [1.82, 2.24) is 9.80 Å². The first-order valence-corrected chi connectivity index (χ1v) is 12.5. The van der Waals surface area contributed by atoms with E-state index in [1.165, 1.54) is 11.1 Å². The molecule has 2 aromatic rings.